The van der Waals surface area contributed by atoms with Crippen molar-refractivity contribution in [2.24, 2.45) is 0 Å². The normalized spacial score (nSPS) is 25.6. The van der Waals surface area contributed by atoms with Crippen molar-refractivity contribution in [3.05, 3.63) is 71.8 Å². The number of benzene rings is 2. The number of esters is 1. The fourth-order valence-electron chi connectivity index (χ4n) is 4.32. The van der Waals surface area contributed by atoms with Crippen molar-refractivity contribution >= 4 is 29.5 Å². The molecule has 0 bridgehead atoms. The maximum atomic E-state index is 13.3. The number of nitrogens with one attached hydrogen (secondary N) is 1. The van der Waals surface area contributed by atoms with Gasteiger partial charge in [-0.2, -0.15) is 0 Å². The number of amides is 2. The van der Waals surface area contributed by atoms with Crippen LogP contribution in [0.5, 0.6) is 0 Å². The lowest BCUT2D eigenvalue weighted by Crippen LogP contribution is -2.76. The predicted molar refractivity (Wildman–Crippen MR) is 120 cm³/mol. The first-order chi connectivity index (χ1) is 15.3. The SMILES string of the molecule is CO[C@@]1(C(=O)OCc2ccccc2)N2C(=O)[C@H](NC(=O)Cc3ccccc3)[C@H]2SC1(C)C. The monoisotopic (exact) mass is 454 g/mol. The molecule has 2 fully saturated rings. The van der Waals surface area contributed by atoms with Crippen molar-refractivity contribution in [3.8, 4) is 0 Å². The molecule has 1 N–H and O–H groups in total. The highest BCUT2D eigenvalue weighted by Crippen LogP contribution is 2.57. The Morgan fingerprint density at radius 1 is 1.03 bits per heavy atom. The number of thioether (sulfide) groups is 1. The van der Waals surface area contributed by atoms with Crippen molar-refractivity contribution in [1.82, 2.24) is 10.2 Å². The van der Waals surface area contributed by atoms with E-state index < -0.39 is 27.9 Å². The molecule has 2 amide bonds. The highest BCUT2D eigenvalue weighted by atomic mass is 32.2. The molecule has 0 saturated carbocycles. The molecule has 8 heteroatoms. The second-order valence-electron chi connectivity index (χ2n) is 8.34. The Hall–Kier alpha value is -2.84. The van der Waals surface area contributed by atoms with E-state index in [0.29, 0.717) is 0 Å². The third-order valence-electron chi connectivity index (χ3n) is 5.92. The van der Waals surface area contributed by atoms with Crippen LogP contribution in [0, 0.1) is 0 Å². The van der Waals surface area contributed by atoms with Gasteiger partial charge in [-0.25, -0.2) is 4.79 Å². The molecule has 0 aliphatic carbocycles. The second-order valence-corrected chi connectivity index (χ2v) is 10.1. The fourth-order valence-corrected chi connectivity index (χ4v) is 6.03. The Labute approximate surface area is 191 Å². The summed E-state index contributed by atoms with van der Waals surface area (Å²) in [6.07, 6.45) is 0.180. The summed E-state index contributed by atoms with van der Waals surface area (Å²) in [4.78, 5) is 40.3. The number of fused-ring (bicyclic) bond motifs is 1. The average Bonchev–Trinajstić information content (AvgIpc) is 3.01. The molecule has 3 atom stereocenters. The Morgan fingerprint density at radius 3 is 2.22 bits per heavy atom. The fraction of sp³-hybridized carbons (Fsp3) is 0.375. The lowest BCUT2D eigenvalue weighted by atomic mass is 9.91. The van der Waals surface area contributed by atoms with Gasteiger partial charge < -0.3 is 14.8 Å². The summed E-state index contributed by atoms with van der Waals surface area (Å²) in [6.45, 7) is 3.77. The molecule has 2 aliphatic rings. The number of methoxy groups -OCH3 is 1. The van der Waals surface area contributed by atoms with E-state index in [4.69, 9.17) is 9.47 Å². The summed E-state index contributed by atoms with van der Waals surface area (Å²) >= 11 is 1.42. The Balaban J connectivity index is 1.48. The van der Waals surface area contributed by atoms with E-state index in [2.05, 4.69) is 5.32 Å². The van der Waals surface area contributed by atoms with E-state index in [1.165, 1.54) is 23.8 Å². The van der Waals surface area contributed by atoms with E-state index >= 15 is 0 Å². The van der Waals surface area contributed by atoms with E-state index in [-0.39, 0.29) is 24.8 Å². The largest absolute Gasteiger partial charge is 0.457 e. The van der Waals surface area contributed by atoms with Crippen LogP contribution in [0.4, 0.5) is 0 Å². The number of hydrogen-bond acceptors (Lipinski definition) is 6. The maximum Gasteiger partial charge on any atom is 0.361 e. The summed E-state index contributed by atoms with van der Waals surface area (Å²) in [5.41, 5.74) is 0.131. The first kappa shape index (κ1) is 22.4. The van der Waals surface area contributed by atoms with E-state index in [1.807, 2.05) is 74.5 Å². The smallest absolute Gasteiger partial charge is 0.361 e. The van der Waals surface area contributed by atoms with Gasteiger partial charge in [0, 0.05) is 7.11 Å². The molecule has 168 valence electrons. The van der Waals surface area contributed by atoms with Crippen LogP contribution in [0.15, 0.2) is 60.7 Å². The van der Waals surface area contributed by atoms with Gasteiger partial charge in [-0.15, -0.1) is 11.8 Å². The third kappa shape index (κ3) is 3.67. The Morgan fingerprint density at radius 2 is 1.62 bits per heavy atom. The standard InChI is InChI=1S/C24H26N2O5S/c1-23(2)24(30-3,22(29)31-15-17-12-8-5-9-13-17)26-20(28)19(21(26)32-23)25-18(27)14-16-10-6-4-7-11-16/h4-13,19,21H,14-15H2,1-3H3,(H,25,27)/t19-,21+,24+/m0/s1. The summed E-state index contributed by atoms with van der Waals surface area (Å²) < 4.78 is 10.5. The van der Waals surface area contributed by atoms with Gasteiger partial charge in [0.1, 0.15) is 18.0 Å². The molecular formula is C24H26N2O5S. The number of rotatable bonds is 7. The predicted octanol–water partition coefficient (Wildman–Crippen LogP) is 2.49. The summed E-state index contributed by atoms with van der Waals surface area (Å²) in [5.74, 6) is -1.21. The molecule has 7 nitrogen and oxygen atoms in total. The van der Waals surface area contributed by atoms with Gasteiger partial charge in [0.05, 0.1) is 11.2 Å². The molecule has 2 heterocycles. The molecule has 2 aliphatic heterocycles. The molecule has 4 rings (SSSR count). The van der Waals surface area contributed by atoms with Gasteiger partial charge in [0.2, 0.25) is 5.91 Å². The first-order valence-electron chi connectivity index (χ1n) is 10.4. The van der Waals surface area contributed by atoms with Gasteiger partial charge in [-0.05, 0) is 25.0 Å². The van der Waals surface area contributed by atoms with Crippen LogP contribution in [0.2, 0.25) is 0 Å². The topological polar surface area (TPSA) is 84.9 Å². The van der Waals surface area contributed by atoms with Crippen LogP contribution < -0.4 is 5.32 Å². The molecule has 0 aromatic heterocycles. The number of nitrogens with zero attached hydrogens (tertiary/aromatic N) is 1. The van der Waals surface area contributed by atoms with Crippen molar-refractivity contribution in [2.75, 3.05) is 7.11 Å². The number of β-lactam (4-membered cyclic amide) rings is 1. The third-order valence-corrected chi connectivity index (χ3v) is 7.51. The van der Waals surface area contributed by atoms with Gasteiger partial charge in [0.25, 0.3) is 11.6 Å². The molecule has 0 unspecified atom stereocenters. The lowest BCUT2D eigenvalue weighted by molar-refractivity contribution is -0.216. The summed E-state index contributed by atoms with van der Waals surface area (Å²) in [6, 6.07) is 17.9. The molecule has 2 aromatic rings. The van der Waals surface area contributed by atoms with Crippen LogP contribution in [0.1, 0.15) is 25.0 Å². The Kier molecular flexibility index (Phi) is 6.01. The quantitative estimate of drug-likeness (QED) is 0.511. The Bertz CT molecular complexity index is 1010. The van der Waals surface area contributed by atoms with Crippen LogP contribution in [-0.2, 0) is 36.9 Å². The highest BCUT2D eigenvalue weighted by molar-refractivity contribution is 8.01. The van der Waals surface area contributed by atoms with Gasteiger partial charge in [-0.1, -0.05) is 60.7 Å². The van der Waals surface area contributed by atoms with Crippen molar-refractivity contribution in [1.29, 1.82) is 0 Å². The second kappa shape index (κ2) is 8.60. The number of carbonyl (C=O) groups excluding carboxylic acids is 3. The number of ether oxygens (including phenoxy) is 2. The molecule has 0 radical (unpaired) electrons. The number of hydrogen-bond donors (Lipinski definition) is 1. The lowest BCUT2D eigenvalue weighted by Gasteiger charge is -2.49. The van der Waals surface area contributed by atoms with E-state index in [1.54, 1.807) is 0 Å². The molecule has 32 heavy (non-hydrogen) atoms. The zero-order valence-corrected chi connectivity index (χ0v) is 19.1. The van der Waals surface area contributed by atoms with Crippen LogP contribution in [0.25, 0.3) is 0 Å². The zero-order chi connectivity index (χ0) is 22.9. The summed E-state index contributed by atoms with van der Waals surface area (Å²) in [5, 5.41) is 2.41. The minimum atomic E-state index is -1.57. The van der Waals surface area contributed by atoms with Gasteiger partial charge in [-0.3, -0.25) is 14.5 Å². The maximum absolute atomic E-state index is 13.3. The average molecular weight is 455 g/mol. The van der Waals surface area contributed by atoms with Gasteiger partial charge in [0.15, 0.2) is 0 Å². The minimum Gasteiger partial charge on any atom is -0.457 e. The van der Waals surface area contributed by atoms with Crippen LogP contribution >= 0.6 is 11.8 Å². The van der Waals surface area contributed by atoms with E-state index in [0.717, 1.165) is 11.1 Å². The molecule has 2 saturated heterocycles. The summed E-state index contributed by atoms with van der Waals surface area (Å²) in [7, 11) is 1.41. The zero-order valence-electron chi connectivity index (χ0n) is 18.2. The first-order valence-corrected chi connectivity index (χ1v) is 11.3. The molecule has 2 aromatic carbocycles. The van der Waals surface area contributed by atoms with Crippen molar-refractivity contribution in [3.63, 3.8) is 0 Å². The van der Waals surface area contributed by atoms with Crippen molar-refractivity contribution < 1.29 is 23.9 Å². The highest BCUT2D eigenvalue weighted by Gasteiger charge is 2.74. The van der Waals surface area contributed by atoms with Crippen LogP contribution in [-0.4, -0.2) is 51.7 Å². The minimum absolute atomic E-state index is 0.0788. The number of carbonyl (C=O) groups is 3. The van der Waals surface area contributed by atoms with Crippen LogP contribution in [0.3, 0.4) is 0 Å². The van der Waals surface area contributed by atoms with Crippen molar-refractivity contribution in [2.45, 2.75) is 48.8 Å². The van der Waals surface area contributed by atoms with Gasteiger partial charge >= 0.3 is 5.97 Å². The molecule has 0 spiro atoms. The molecular weight excluding hydrogens is 428 g/mol. The van der Waals surface area contributed by atoms with E-state index in [9.17, 15) is 14.4 Å².